The van der Waals surface area contributed by atoms with Crippen molar-refractivity contribution in [2.45, 2.75) is 44.5 Å². The van der Waals surface area contributed by atoms with E-state index < -0.39 is 18.8 Å². The average Bonchev–Trinajstić information content (AvgIpc) is 2.17. The quantitative estimate of drug-likeness (QED) is 0.728. The topological polar surface area (TPSA) is 12.0 Å². The molecule has 0 aliphatic carbocycles. The van der Waals surface area contributed by atoms with E-state index >= 15 is 0 Å². The molecule has 15 heavy (non-hydrogen) atoms. The van der Waals surface area contributed by atoms with Gasteiger partial charge in [-0.15, -0.1) is 0 Å². The van der Waals surface area contributed by atoms with E-state index in [1.807, 2.05) is 0 Å². The van der Waals surface area contributed by atoms with Crippen LogP contribution < -0.4 is 5.32 Å². The standard InChI is InChI=1S/C10H17F4N/c11-9(2-1-5-10(12,13)14)8-3-6-15-7-4-8/h8-9,15H,1-7H2. The van der Waals surface area contributed by atoms with Crippen LogP contribution in [0.15, 0.2) is 0 Å². The smallest absolute Gasteiger partial charge is 0.317 e. The van der Waals surface area contributed by atoms with Crippen LogP contribution in [0, 0.1) is 5.92 Å². The molecular weight excluding hydrogens is 210 g/mol. The average molecular weight is 227 g/mol. The lowest BCUT2D eigenvalue weighted by atomic mass is 9.90. The van der Waals surface area contributed by atoms with Gasteiger partial charge in [0.2, 0.25) is 0 Å². The van der Waals surface area contributed by atoms with E-state index in [-0.39, 0.29) is 18.8 Å². The highest BCUT2D eigenvalue weighted by atomic mass is 19.4. The lowest BCUT2D eigenvalue weighted by molar-refractivity contribution is -0.136. The molecule has 0 spiro atoms. The Bertz CT molecular complexity index is 175. The Hall–Kier alpha value is -0.320. The lowest BCUT2D eigenvalue weighted by Gasteiger charge is -2.25. The molecule has 1 nitrogen and oxygen atoms in total. The van der Waals surface area contributed by atoms with Gasteiger partial charge in [-0.05, 0) is 44.7 Å². The second-order valence-corrected chi connectivity index (χ2v) is 4.11. The Morgan fingerprint density at radius 2 is 1.80 bits per heavy atom. The van der Waals surface area contributed by atoms with Crippen molar-refractivity contribution in [3.05, 3.63) is 0 Å². The van der Waals surface area contributed by atoms with Gasteiger partial charge in [0.05, 0.1) is 0 Å². The molecule has 0 radical (unpaired) electrons. The van der Waals surface area contributed by atoms with E-state index in [1.54, 1.807) is 0 Å². The van der Waals surface area contributed by atoms with Crippen LogP contribution in [-0.4, -0.2) is 25.4 Å². The van der Waals surface area contributed by atoms with Crippen molar-refractivity contribution in [1.82, 2.24) is 5.32 Å². The molecule has 1 heterocycles. The number of halogens is 4. The van der Waals surface area contributed by atoms with Crippen molar-refractivity contribution in [1.29, 1.82) is 0 Å². The van der Waals surface area contributed by atoms with E-state index in [0.717, 1.165) is 25.9 Å². The number of alkyl halides is 4. The van der Waals surface area contributed by atoms with Gasteiger partial charge in [0.25, 0.3) is 0 Å². The van der Waals surface area contributed by atoms with E-state index in [1.165, 1.54) is 0 Å². The maximum atomic E-state index is 13.5. The number of nitrogens with one attached hydrogen (secondary N) is 1. The summed E-state index contributed by atoms with van der Waals surface area (Å²) in [6.45, 7) is 1.56. The Labute approximate surface area is 87.2 Å². The highest BCUT2D eigenvalue weighted by molar-refractivity contribution is 4.75. The van der Waals surface area contributed by atoms with Crippen molar-refractivity contribution in [2.75, 3.05) is 13.1 Å². The van der Waals surface area contributed by atoms with Crippen molar-refractivity contribution >= 4 is 0 Å². The summed E-state index contributed by atoms with van der Waals surface area (Å²) in [5, 5.41) is 3.10. The first-order valence-electron chi connectivity index (χ1n) is 5.40. The SMILES string of the molecule is FC(CCCC(F)(F)F)C1CCNCC1. The van der Waals surface area contributed by atoms with Crippen LogP contribution in [0.1, 0.15) is 32.1 Å². The molecule has 0 aromatic rings. The molecule has 0 aromatic heterocycles. The highest BCUT2D eigenvalue weighted by Gasteiger charge is 2.28. The third-order valence-electron chi connectivity index (χ3n) is 2.84. The van der Waals surface area contributed by atoms with E-state index in [4.69, 9.17) is 0 Å². The molecule has 1 fully saturated rings. The highest BCUT2D eigenvalue weighted by Crippen LogP contribution is 2.27. The molecular formula is C10H17F4N. The van der Waals surface area contributed by atoms with Gasteiger partial charge in [0.1, 0.15) is 6.17 Å². The summed E-state index contributed by atoms with van der Waals surface area (Å²) < 4.78 is 48.9. The van der Waals surface area contributed by atoms with E-state index in [0.29, 0.717) is 0 Å². The molecule has 1 saturated heterocycles. The summed E-state index contributed by atoms with van der Waals surface area (Å²) in [7, 11) is 0. The largest absolute Gasteiger partial charge is 0.389 e. The van der Waals surface area contributed by atoms with Gasteiger partial charge in [-0.1, -0.05) is 0 Å². The van der Waals surface area contributed by atoms with E-state index in [2.05, 4.69) is 5.32 Å². The van der Waals surface area contributed by atoms with Gasteiger partial charge in [-0.25, -0.2) is 4.39 Å². The van der Waals surface area contributed by atoms with Gasteiger partial charge in [0, 0.05) is 6.42 Å². The Balaban J connectivity index is 2.14. The molecule has 1 atom stereocenters. The van der Waals surface area contributed by atoms with Crippen LogP contribution in [0.25, 0.3) is 0 Å². The predicted molar refractivity (Wildman–Crippen MR) is 50.4 cm³/mol. The minimum absolute atomic E-state index is 0.0421. The first kappa shape index (κ1) is 12.7. The van der Waals surface area contributed by atoms with Crippen molar-refractivity contribution in [2.24, 2.45) is 5.92 Å². The molecule has 1 aliphatic heterocycles. The molecule has 90 valence electrons. The van der Waals surface area contributed by atoms with Gasteiger partial charge in [0.15, 0.2) is 0 Å². The maximum absolute atomic E-state index is 13.5. The third-order valence-corrected chi connectivity index (χ3v) is 2.84. The predicted octanol–water partition coefficient (Wildman–Crippen LogP) is 3.06. The lowest BCUT2D eigenvalue weighted by Crippen LogP contribution is -2.32. The fraction of sp³-hybridized carbons (Fsp3) is 1.00. The zero-order chi connectivity index (χ0) is 11.3. The first-order valence-corrected chi connectivity index (χ1v) is 5.40. The minimum atomic E-state index is -4.14. The van der Waals surface area contributed by atoms with Gasteiger partial charge in [-0.3, -0.25) is 0 Å². The molecule has 1 aliphatic rings. The number of piperidine rings is 1. The third kappa shape index (κ3) is 5.35. The molecule has 1 unspecified atom stereocenters. The van der Waals surface area contributed by atoms with Crippen LogP contribution in [0.4, 0.5) is 17.6 Å². The van der Waals surface area contributed by atoms with Gasteiger partial charge < -0.3 is 5.32 Å². The number of rotatable bonds is 4. The van der Waals surface area contributed by atoms with Crippen LogP contribution in [-0.2, 0) is 0 Å². The zero-order valence-corrected chi connectivity index (χ0v) is 8.62. The minimum Gasteiger partial charge on any atom is -0.317 e. The number of hydrogen-bond acceptors (Lipinski definition) is 1. The Kier molecular flexibility index (Phi) is 4.83. The van der Waals surface area contributed by atoms with Gasteiger partial charge in [-0.2, -0.15) is 13.2 Å². The molecule has 1 N–H and O–H groups in total. The van der Waals surface area contributed by atoms with Crippen LogP contribution in [0.2, 0.25) is 0 Å². The summed E-state index contributed by atoms with van der Waals surface area (Å²) in [5.74, 6) is -0.0421. The van der Waals surface area contributed by atoms with Crippen LogP contribution in [0.5, 0.6) is 0 Å². The van der Waals surface area contributed by atoms with Crippen LogP contribution in [0.3, 0.4) is 0 Å². The molecule has 1 rings (SSSR count). The molecule has 0 saturated carbocycles. The summed E-state index contributed by atoms with van der Waals surface area (Å²) in [5.41, 5.74) is 0. The van der Waals surface area contributed by atoms with Crippen LogP contribution >= 0.6 is 0 Å². The van der Waals surface area contributed by atoms with Crippen molar-refractivity contribution in [3.8, 4) is 0 Å². The monoisotopic (exact) mass is 227 g/mol. The fourth-order valence-corrected chi connectivity index (χ4v) is 1.94. The maximum Gasteiger partial charge on any atom is 0.389 e. The number of hydrogen-bond donors (Lipinski definition) is 1. The summed E-state index contributed by atoms with van der Waals surface area (Å²) in [6, 6.07) is 0. The van der Waals surface area contributed by atoms with Crippen molar-refractivity contribution < 1.29 is 17.6 Å². The second-order valence-electron chi connectivity index (χ2n) is 4.11. The second kappa shape index (κ2) is 5.68. The summed E-state index contributed by atoms with van der Waals surface area (Å²) in [4.78, 5) is 0. The first-order chi connectivity index (χ1) is 6.99. The molecule has 0 amide bonds. The van der Waals surface area contributed by atoms with Gasteiger partial charge >= 0.3 is 6.18 Å². The normalized spacial score (nSPS) is 21.6. The van der Waals surface area contributed by atoms with E-state index in [9.17, 15) is 17.6 Å². The Morgan fingerprint density at radius 3 is 2.33 bits per heavy atom. The fourth-order valence-electron chi connectivity index (χ4n) is 1.94. The molecule has 0 bridgehead atoms. The zero-order valence-electron chi connectivity index (χ0n) is 8.62. The summed E-state index contributed by atoms with van der Waals surface area (Å²) in [6.07, 6.45) is -4.62. The summed E-state index contributed by atoms with van der Waals surface area (Å²) >= 11 is 0. The Morgan fingerprint density at radius 1 is 1.20 bits per heavy atom. The molecule has 5 heteroatoms. The molecule has 0 aromatic carbocycles. The van der Waals surface area contributed by atoms with Crippen molar-refractivity contribution in [3.63, 3.8) is 0 Å².